The van der Waals surface area contributed by atoms with E-state index < -0.39 is 0 Å². The number of halogens is 1. The van der Waals surface area contributed by atoms with Gasteiger partial charge in [-0.2, -0.15) is 11.8 Å². The molecule has 0 radical (unpaired) electrons. The van der Waals surface area contributed by atoms with Crippen molar-refractivity contribution in [2.45, 2.75) is 0 Å². The molecule has 1 aromatic carbocycles. The molecule has 0 spiro atoms. The largest absolute Gasteiger partial charge is 0.492 e. The van der Waals surface area contributed by atoms with E-state index >= 15 is 0 Å². The number of thioether (sulfide) groups is 1. The Morgan fingerprint density at radius 3 is 3.00 bits per heavy atom. The second kappa shape index (κ2) is 6.50. The van der Waals surface area contributed by atoms with Crippen LogP contribution in [0.15, 0.2) is 23.4 Å². The van der Waals surface area contributed by atoms with Crippen molar-refractivity contribution in [2.24, 2.45) is 10.9 Å². The van der Waals surface area contributed by atoms with E-state index in [4.69, 9.17) is 27.3 Å². The third-order valence-corrected chi connectivity index (χ3v) is 2.77. The van der Waals surface area contributed by atoms with Crippen LogP contribution in [0.1, 0.15) is 5.56 Å². The molecule has 0 amide bonds. The minimum Gasteiger partial charge on any atom is -0.492 e. The summed E-state index contributed by atoms with van der Waals surface area (Å²) in [7, 11) is 0. The van der Waals surface area contributed by atoms with Gasteiger partial charge in [-0.15, -0.1) is 0 Å². The highest BCUT2D eigenvalue weighted by molar-refractivity contribution is 7.98. The Bertz CT molecular complexity index is 385. The minimum absolute atomic E-state index is 0.0512. The number of hydrogen-bond donors (Lipinski definition) is 2. The SMILES string of the molecule is CSCCOc1cccc(Cl)c1/C(N)=N/O. The fraction of sp³-hybridized carbons (Fsp3) is 0.300. The Morgan fingerprint density at radius 2 is 2.38 bits per heavy atom. The van der Waals surface area contributed by atoms with Crippen molar-refractivity contribution in [1.82, 2.24) is 0 Å². The van der Waals surface area contributed by atoms with Gasteiger partial charge in [-0.25, -0.2) is 0 Å². The van der Waals surface area contributed by atoms with Crippen LogP contribution < -0.4 is 10.5 Å². The zero-order valence-electron chi connectivity index (χ0n) is 8.81. The van der Waals surface area contributed by atoms with E-state index in [0.29, 0.717) is 22.9 Å². The van der Waals surface area contributed by atoms with Crippen molar-refractivity contribution >= 4 is 29.2 Å². The Hall–Kier alpha value is -1.07. The van der Waals surface area contributed by atoms with Crippen molar-refractivity contribution in [1.29, 1.82) is 0 Å². The van der Waals surface area contributed by atoms with Crippen molar-refractivity contribution in [2.75, 3.05) is 18.6 Å². The number of nitrogens with zero attached hydrogens (tertiary/aromatic N) is 1. The van der Waals surface area contributed by atoms with Gasteiger partial charge in [0.05, 0.1) is 17.2 Å². The normalized spacial score (nSPS) is 11.5. The lowest BCUT2D eigenvalue weighted by molar-refractivity contribution is 0.317. The average Bonchev–Trinajstić information content (AvgIpc) is 2.29. The number of ether oxygens (including phenoxy) is 1. The topological polar surface area (TPSA) is 67.8 Å². The van der Waals surface area contributed by atoms with Gasteiger partial charge in [0.1, 0.15) is 5.75 Å². The Morgan fingerprint density at radius 1 is 1.62 bits per heavy atom. The van der Waals surface area contributed by atoms with E-state index in [2.05, 4.69) is 5.16 Å². The second-order valence-electron chi connectivity index (χ2n) is 2.94. The Kier molecular flexibility index (Phi) is 5.28. The summed E-state index contributed by atoms with van der Waals surface area (Å²) in [5, 5.41) is 12.0. The van der Waals surface area contributed by atoms with Gasteiger partial charge in [0.15, 0.2) is 5.84 Å². The van der Waals surface area contributed by atoms with E-state index in [9.17, 15) is 0 Å². The van der Waals surface area contributed by atoms with Crippen LogP contribution in [-0.4, -0.2) is 29.7 Å². The molecule has 0 aromatic heterocycles. The number of amidine groups is 1. The van der Waals surface area contributed by atoms with Gasteiger partial charge in [0.25, 0.3) is 0 Å². The van der Waals surface area contributed by atoms with Crippen LogP contribution in [0.2, 0.25) is 5.02 Å². The molecule has 0 aliphatic carbocycles. The molecule has 16 heavy (non-hydrogen) atoms. The molecule has 3 N–H and O–H groups in total. The maximum Gasteiger partial charge on any atom is 0.175 e. The van der Waals surface area contributed by atoms with Crippen LogP contribution in [0.5, 0.6) is 5.75 Å². The van der Waals surface area contributed by atoms with E-state index in [1.165, 1.54) is 0 Å². The van der Waals surface area contributed by atoms with Crippen LogP contribution in [0, 0.1) is 0 Å². The number of hydrogen-bond acceptors (Lipinski definition) is 4. The smallest absolute Gasteiger partial charge is 0.175 e. The van der Waals surface area contributed by atoms with Crippen molar-refractivity contribution in [3.8, 4) is 5.75 Å². The van der Waals surface area contributed by atoms with Gasteiger partial charge >= 0.3 is 0 Å². The van der Waals surface area contributed by atoms with Crippen LogP contribution >= 0.6 is 23.4 Å². The number of oxime groups is 1. The van der Waals surface area contributed by atoms with Gasteiger partial charge in [0, 0.05) is 5.75 Å². The summed E-state index contributed by atoms with van der Waals surface area (Å²) in [5.41, 5.74) is 5.95. The highest BCUT2D eigenvalue weighted by Crippen LogP contribution is 2.26. The first-order valence-corrected chi connectivity index (χ1v) is 6.36. The molecule has 0 saturated heterocycles. The summed E-state index contributed by atoms with van der Waals surface area (Å²) in [6.45, 7) is 0.549. The average molecular weight is 261 g/mol. The van der Waals surface area contributed by atoms with Crippen LogP contribution in [0.25, 0.3) is 0 Å². The maximum absolute atomic E-state index is 8.65. The van der Waals surface area contributed by atoms with Crippen LogP contribution in [0.4, 0.5) is 0 Å². The van der Waals surface area contributed by atoms with Gasteiger partial charge in [-0.3, -0.25) is 0 Å². The molecule has 0 saturated carbocycles. The Balaban J connectivity index is 2.94. The van der Waals surface area contributed by atoms with Gasteiger partial charge < -0.3 is 15.7 Å². The molecule has 0 heterocycles. The molecule has 1 aromatic rings. The molecule has 6 heteroatoms. The standard InChI is InChI=1S/C10H13ClN2O2S/c1-16-6-5-15-8-4-2-3-7(11)9(8)10(12)13-14/h2-4,14H,5-6H2,1H3,(H2,12,13). The molecule has 0 aliphatic heterocycles. The zero-order valence-corrected chi connectivity index (χ0v) is 10.4. The lowest BCUT2D eigenvalue weighted by Gasteiger charge is -2.11. The van der Waals surface area contributed by atoms with Gasteiger partial charge in [-0.05, 0) is 18.4 Å². The molecule has 0 unspecified atom stereocenters. The summed E-state index contributed by atoms with van der Waals surface area (Å²) >= 11 is 7.63. The molecule has 0 aliphatic rings. The first-order chi connectivity index (χ1) is 7.70. The molecular formula is C10H13ClN2O2S. The summed E-state index contributed by atoms with van der Waals surface area (Å²) in [6.07, 6.45) is 1.99. The monoisotopic (exact) mass is 260 g/mol. The lowest BCUT2D eigenvalue weighted by atomic mass is 10.2. The molecule has 88 valence electrons. The minimum atomic E-state index is -0.0512. The van der Waals surface area contributed by atoms with Crippen LogP contribution in [0.3, 0.4) is 0 Å². The van der Waals surface area contributed by atoms with Crippen LogP contribution in [-0.2, 0) is 0 Å². The number of benzene rings is 1. The third kappa shape index (κ3) is 3.21. The first-order valence-electron chi connectivity index (χ1n) is 4.59. The molecule has 0 bridgehead atoms. The molecule has 4 nitrogen and oxygen atoms in total. The van der Waals surface area contributed by atoms with E-state index in [1.54, 1.807) is 30.0 Å². The quantitative estimate of drug-likeness (QED) is 0.280. The van der Waals surface area contributed by atoms with E-state index in [-0.39, 0.29) is 5.84 Å². The molecule has 1 rings (SSSR count). The molecule has 0 fully saturated rings. The Labute approximate surface area is 103 Å². The summed E-state index contributed by atoms with van der Waals surface area (Å²) < 4.78 is 5.50. The number of rotatable bonds is 5. The summed E-state index contributed by atoms with van der Waals surface area (Å²) in [5.74, 6) is 1.34. The van der Waals surface area contributed by atoms with Crippen molar-refractivity contribution in [3.05, 3.63) is 28.8 Å². The van der Waals surface area contributed by atoms with Crippen molar-refractivity contribution < 1.29 is 9.94 Å². The molecule has 0 atom stereocenters. The van der Waals surface area contributed by atoms with Gasteiger partial charge in [-0.1, -0.05) is 22.8 Å². The maximum atomic E-state index is 8.65. The van der Waals surface area contributed by atoms with E-state index in [1.807, 2.05) is 6.26 Å². The second-order valence-corrected chi connectivity index (χ2v) is 4.33. The first kappa shape index (κ1) is 13.0. The van der Waals surface area contributed by atoms with Gasteiger partial charge in [0.2, 0.25) is 0 Å². The third-order valence-electron chi connectivity index (χ3n) is 1.88. The molecular weight excluding hydrogens is 248 g/mol. The summed E-state index contributed by atoms with van der Waals surface area (Å²) in [4.78, 5) is 0. The predicted octanol–water partition coefficient (Wildman–Crippen LogP) is 2.18. The fourth-order valence-corrected chi connectivity index (χ4v) is 1.67. The highest BCUT2D eigenvalue weighted by atomic mass is 35.5. The zero-order chi connectivity index (χ0) is 12.0. The van der Waals surface area contributed by atoms with Crippen molar-refractivity contribution in [3.63, 3.8) is 0 Å². The fourth-order valence-electron chi connectivity index (χ4n) is 1.16. The van der Waals surface area contributed by atoms with E-state index in [0.717, 1.165) is 5.75 Å². The predicted molar refractivity (Wildman–Crippen MR) is 67.8 cm³/mol. The summed E-state index contributed by atoms with van der Waals surface area (Å²) in [6, 6.07) is 5.15. The lowest BCUT2D eigenvalue weighted by Crippen LogP contribution is -2.16. The number of nitrogens with two attached hydrogens (primary N) is 1. The highest BCUT2D eigenvalue weighted by Gasteiger charge is 2.12.